The fourth-order valence-corrected chi connectivity index (χ4v) is 1.53. The van der Waals surface area contributed by atoms with Gasteiger partial charge in [0.15, 0.2) is 5.11 Å². The van der Waals surface area contributed by atoms with Crippen LogP contribution in [-0.4, -0.2) is 18.8 Å². The normalized spacial score (nSPS) is 9.53. The molecule has 3 nitrogen and oxygen atoms in total. The molecule has 1 rings (SSSR count). The molecule has 0 fully saturated rings. The molecule has 0 aliphatic heterocycles. The lowest BCUT2D eigenvalue weighted by molar-refractivity contribution is 0.417. The number of nitrogens with one attached hydrogen (secondary N) is 2. The van der Waals surface area contributed by atoms with Crippen LogP contribution in [0.1, 0.15) is 6.92 Å². The average Bonchev–Trinajstić information content (AvgIpc) is 2.18. The van der Waals surface area contributed by atoms with Gasteiger partial charge in [0, 0.05) is 11.6 Å². The van der Waals surface area contributed by atoms with Crippen LogP contribution < -0.4 is 15.4 Å². The van der Waals surface area contributed by atoms with Gasteiger partial charge in [0.2, 0.25) is 0 Å². The smallest absolute Gasteiger partial charge is 0.170 e. The van der Waals surface area contributed by atoms with Gasteiger partial charge in [-0.25, -0.2) is 0 Å². The molecule has 1 aromatic carbocycles. The molecule has 0 bridgehead atoms. The quantitative estimate of drug-likeness (QED) is 0.801. The summed E-state index contributed by atoms with van der Waals surface area (Å²) in [5, 5.41) is 7.19. The van der Waals surface area contributed by atoms with E-state index in [0.717, 1.165) is 12.2 Å². The van der Waals surface area contributed by atoms with E-state index in [9.17, 15) is 0 Å². The predicted octanol–water partition coefficient (Wildman–Crippen LogP) is 2.65. The van der Waals surface area contributed by atoms with Gasteiger partial charge in [-0.3, -0.25) is 0 Å². The van der Waals surface area contributed by atoms with Crippen LogP contribution in [0.4, 0.5) is 5.69 Å². The Morgan fingerprint density at radius 3 is 2.87 bits per heavy atom. The maximum Gasteiger partial charge on any atom is 0.170 e. The molecule has 0 spiro atoms. The van der Waals surface area contributed by atoms with E-state index < -0.39 is 0 Å². The molecule has 0 amide bonds. The van der Waals surface area contributed by atoms with Gasteiger partial charge in [0.1, 0.15) is 5.75 Å². The lowest BCUT2D eigenvalue weighted by atomic mass is 10.3. The van der Waals surface area contributed by atoms with Gasteiger partial charge in [-0.1, -0.05) is 11.6 Å². The number of anilines is 1. The van der Waals surface area contributed by atoms with E-state index in [4.69, 9.17) is 28.6 Å². The van der Waals surface area contributed by atoms with E-state index in [2.05, 4.69) is 10.6 Å². The highest BCUT2D eigenvalue weighted by molar-refractivity contribution is 7.80. The molecule has 2 N–H and O–H groups in total. The van der Waals surface area contributed by atoms with Crippen LogP contribution in [0, 0.1) is 0 Å². The molecular formula is C10H13ClN2OS. The maximum absolute atomic E-state index is 5.88. The van der Waals surface area contributed by atoms with Crippen LogP contribution >= 0.6 is 23.8 Å². The standard InChI is InChI=1S/C10H13ClN2OS/c1-3-12-10(15)13-8-6-7(11)4-5-9(8)14-2/h4-6H,3H2,1-2H3,(H2,12,13,15). The zero-order chi connectivity index (χ0) is 11.3. The SMILES string of the molecule is CCNC(=S)Nc1cc(Cl)ccc1OC. The largest absolute Gasteiger partial charge is 0.495 e. The molecule has 0 saturated heterocycles. The summed E-state index contributed by atoms with van der Waals surface area (Å²) in [4.78, 5) is 0. The van der Waals surface area contributed by atoms with Gasteiger partial charge >= 0.3 is 0 Å². The Morgan fingerprint density at radius 1 is 1.53 bits per heavy atom. The summed E-state index contributed by atoms with van der Waals surface area (Å²) in [6.45, 7) is 2.75. The second-order valence-corrected chi connectivity index (χ2v) is 3.67. The van der Waals surface area contributed by atoms with Crippen LogP contribution in [0.25, 0.3) is 0 Å². The summed E-state index contributed by atoms with van der Waals surface area (Å²) in [6, 6.07) is 5.32. The first-order valence-electron chi connectivity index (χ1n) is 4.55. The van der Waals surface area contributed by atoms with Crippen LogP contribution in [0.3, 0.4) is 0 Å². The van der Waals surface area contributed by atoms with E-state index in [1.807, 2.05) is 6.92 Å². The first-order valence-corrected chi connectivity index (χ1v) is 5.34. The number of hydrogen-bond acceptors (Lipinski definition) is 2. The van der Waals surface area contributed by atoms with Crippen molar-refractivity contribution in [1.29, 1.82) is 0 Å². The van der Waals surface area contributed by atoms with Crippen molar-refractivity contribution in [3.05, 3.63) is 23.2 Å². The molecule has 0 saturated carbocycles. The fourth-order valence-electron chi connectivity index (χ4n) is 1.10. The number of halogens is 1. The Morgan fingerprint density at radius 2 is 2.27 bits per heavy atom. The van der Waals surface area contributed by atoms with E-state index in [0.29, 0.717) is 15.9 Å². The summed E-state index contributed by atoms with van der Waals surface area (Å²) >= 11 is 10.9. The molecule has 0 unspecified atom stereocenters. The molecule has 0 radical (unpaired) electrons. The van der Waals surface area contributed by atoms with Crippen molar-refractivity contribution < 1.29 is 4.74 Å². The third-order valence-corrected chi connectivity index (χ3v) is 2.23. The zero-order valence-electron chi connectivity index (χ0n) is 8.63. The molecule has 0 atom stereocenters. The van der Waals surface area contributed by atoms with Gasteiger partial charge in [-0.2, -0.15) is 0 Å². The molecular weight excluding hydrogens is 232 g/mol. The molecule has 1 aromatic rings. The third kappa shape index (κ3) is 3.57. The lowest BCUT2D eigenvalue weighted by Gasteiger charge is -2.12. The van der Waals surface area contributed by atoms with Gasteiger partial charge in [0.25, 0.3) is 0 Å². The van der Waals surface area contributed by atoms with Crippen molar-refractivity contribution in [2.24, 2.45) is 0 Å². The Labute approximate surface area is 99.8 Å². The minimum absolute atomic E-state index is 0.554. The van der Waals surface area contributed by atoms with Crippen molar-refractivity contribution in [3.63, 3.8) is 0 Å². The number of benzene rings is 1. The minimum atomic E-state index is 0.554. The van der Waals surface area contributed by atoms with Gasteiger partial charge in [0.05, 0.1) is 12.8 Å². The second kappa shape index (κ2) is 5.78. The maximum atomic E-state index is 5.88. The first kappa shape index (κ1) is 12.1. The van der Waals surface area contributed by atoms with E-state index in [-0.39, 0.29) is 0 Å². The van der Waals surface area contributed by atoms with Crippen molar-refractivity contribution >= 4 is 34.6 Å². The minimum Gasteiger partial charge on any atom is -0.495 e. The number of thiocarbonyl (C=S) groups is 1. The zero-order valence-corrected chi connectivity index (χ0v) is 10.2. The molecule has 15 heavy (non-hydrogen) atoms. The van der Waals surface area contributed by atoms with Gasteiger partial charge in [-0.15, -0.1) is 0 Å². The number of hydrogen-bond donors (Lipinski definition) is 2. The molecule has 82 valence electrons. The highest BCUT2D eigenvalue weighted by Crippen LogP contribution is 2.27. The highest BCUT2D eigenvalue weighted by atomic mass is 35.5. The Kier molecular flexibility index (Phi) is 4.65. The van der Waals surface area contributed by atoms with Crippen molar-refractivity contribution in [3.8, 4) is 5.75 Å². The molecule has 0 heterocycles. The van der Waals surface area contributed by atoms with Crippen LogP contribution in [0.15, 0.2) is 18.2 Å². The van der Waals surface area contributed by atoms with Gasteiger partial charge < -0.3 is 15.4 Å². The van der Waals surface area contributed by atoms with Crippen molar-refractivity contribution in [2.45, 2.75) is 6.92 Å². The topological polar surface area (TPSA) is 33.3 Å². The fraction of sp³-hybridized carbons (Fsp3) is 0.300. The molecule has 0 aromatic heterocycles. The summed E-state index contributed by atoms with van der Waals surface area (Å²) < 4.78 is 5.17. The Hall–Kier alpha value is -1.00. The van der Waals surface area contributed by atoms with Crippen LogP contribution in [0.2, 0.25) is 5.02 Å². The third-order valence-electron chi connectivity index (χ3n) is 1.75. The first-order chi connectivity index (χ1) is 7.17. The summed E-state index contributed by atoms with van der Waals surface area (Å²) in [6.07, 6.45) is 0. The van der Waals surface area contributed by atoms with Gasteiger partial charge in [-0.05, 0) is 37.3 Å². The Balaban J connectivity index is 2.82. The van der Waals surface area contributed by atoms with Crippen LogP contribution in [0.5, 0.6) is 5.75 Å². The molecule has 0 aliphatic rings. The Bertz CT molecular complexity index is 357. The van der Waals surface area contributed by atoms with E-state index in [1.54, 1.807) is 25.3 Å². The molecule has 0 aliphatic carbocycles. The molecule has 5 heteroatoms. The van der Waals surface area contributed by atoms with E-state index in [1.165, 1.54) is 0 Å². The van der Waals surface area contributed by atoms with Crippen molar-refractivity contribution in [2.75, 3.05) is 19.0 Å². The number of methoxy groups -OCH3 is 1. The summed E-state index contributed by atoms with van der Waals surface area (Å²) in [7, 11) is 1.60. The van der Waals surface area contributed by atoms with Crippen LogP contribution in [-0.2, 0) is 0 Å². The van der Waals surface area contributed by atoms with E-state index >= 15 is 0 Å². The lowest BCUT2D eigenvalue weighted by Crippen LogP contribution is -2.28. The predicted molar refractivity (Wildman–Crippen MR) is 67.9 cm³/mol. The number of ether oxygens (including phenoxy) is 1. The average molecular weight is 245 g/mol. The summed E-state index contributed by atoms with van der Waals surface area (Å²) in [5.41, 5.74) is 0.760. The second-order valence-electron chi connectivity index (χ2n) is 2.83. The monoisotopic (exact) mass is 244 g/mol. The number of rotatable bonds is 3. The summed E-state index contributed by atoms with van der Waals surface area (Å²) in [5.74, 6) is 0.708. The highest BCUT2D eigenvalue weighted by Gasteiger charge is 2.04. The van der Waals surface area contributed by atoms with Crippen molar-refractivity contribution in [1.82, 2.24) is 5.32 Å².